The summed E-state index contributed by atoms with van der Waals surface area (Å²) in [5.41, 5.74) is 0.225. The highest BCUT2D eigenvalue weighted by Crippen LogP contribution is 2.25. The van der Waals surface area contributed by atoms with Crippen LogP contribution >= 0.6 is 0 Å². The van der Waals surface area contributed by atoms with Crippen molar-refractivity contribution in [1.82, 2.24) is 9.97 Å². The van der Waals surface area contributed by atoms with Gasteiger partial charge in [0.05, 0.1) is 17.6 Å². The van der Waals surface area contributed by atoms with Crippen LogP contribution in [0.4, 0.5) is 5.69 Å². The summed E-state index contributed by atoms with van der Waals surface area (Å²) in [5.74, 6) is 1.71. The van der Waals surface area contributed by atoms with Crippen LogP contribution in [0.25, 0.3) is 11.0 Å². The van der Waals surface area contributed by atoms with Gasteiger partial charge < -0.3 is 24.8 Å². The summed E-state index contributed by atoms with van der Waals surface area (Å²) in [6.07, 6.45) is 0. The van der Waals surface area contributed by atoms with Crippen molar-refractivity contribution >= 4 is 22.6 Å². The smallest absolute Gasteiger partial charge is 0.314 e. The Morgan fingerprint density at radius 1 is 0.806 bits per heavy atom. The van der Waals surface area contributed by atoms with Gasteiger partial charge >= 0.3 is 11.1 Å². The number of hydrogen-bond donors (Lipinski definition) is 3. The maximum atomic E-state index is 12.6. The molecule has 1 heterocycles. The summed E-state index contributed by atoms with van der Waals surface area (Å²) in [6.45, 7) is 2.53. The minimum atomic E-state index is -0.770. The van der Waals surface area contributed by atoms with E-state index in [9.17, 15) is 14.4 Å². The van der Waals surface area contributed by atoms with Gasteiger partial charge in [0.2, 0.25) is 0 Å². The molecule has 0 aliphatic carbocycles. The van der Waals surface area contributed by atoms with Gasteiger partial charge in [0.15, 0.2) is 0 Å². The molecule has 1 amide bonds. The predicted molar refractivity (Wildman–Crippen MR) is 117 cm³/mol. The summed E-state index contributed by atoms with van der Waals surface area (Å²) in [4.78, 5) is 40.3. The molecule has 8 heteroatoms. The van der Waals surface area contributed by atoms with Crippen molar-refractivity contribution in [3.05, 3.63) is 93.0 Å². The van der Waals surface area contributed by atoms with Crippen molar-refractivity contribution in [2.75, 3.05) is 11.9 Å². The second-order valence-electron chi connectivity index (χ2n) is 6.65. The largest absolute Gasteiger partial charge is 0.494 e. The van der Waals surface area contributed by atoms with Gasteiger partial charge in [-0.25, -0.2) is 0 Å². The van der Waals surface area contributed by atoms with Crippen molar-refractivity contribution < 1.29 is 14.3 Å². The first kappa shape index (κ1) is 20.0. The lowest BCUT2D eigenvalue weighted by molar-refractivity contribution is 0.102. The Morgan fingerprint density at radius 2 is 1.39 bits per heavy atom. The summed E-state index contributed by atoms with van der Waals surface area (Å²) in [6, 6.07) is 18.9. The Labute approximate surface area is 176 Å². The van der Waals surface area contributed by atoms with E-state index in [1.165, 1.54) is 6.07 Å². The van der Waals surface area contributed by atoms with E-state index in [2.05, 4.69) is 15.3 Å². The molecular weight excluding hydrogens is 398 g/mol. The number of ether oxygens (including phenoxy) is 2. The van der Waals surface area contributed by atoms with E-state index in [0.717, 1.165) is 5.75 Å². The van der Waals surface area contributed by atoms with E-state index in [-0.39, 0.29) is 5.91 Å². The van der Waals surface area contributed by atoms with Crippen LogP contribution in [0.2, 0.25) is 0 Å². The van der Waals surface area contributed by atoms with Gasteiger partial charge in [0.1, 0.15) is 17.2 Å². The first-order chi connectivity index (χ1) is 15.0. The molecule has 0 bridgehead atoms. The normalized spacial score (nSPS) is 10.6. The molecule has 0 unspecified atom stereocenters. The van der Waals surface area contributed by atoms with Gasteiger partial charge in [0, 0.05) is 11.3 Å². The van der Waals surface area contributed by atoms with E-state index in [0.29, 0.717) is 40.4 Å². The van der Waals surface area contributed by atoms with Crippen LogP contribution in [0, 0.1) is 0 Å². The van der Waals surface area contributed by atoms with Gasteiger partial charge in [-0.05, 0) is 73.7 Å². The van der Waals surface area contributed by atoms with Gasteiger partial charge in [-0.15, -0.1) is 0 Å². The Balaban J connectivity index is 1.44. The molecule has 0 aliphatic heterocycles. The average Bonchev–Trinajstić information content (AvgIpc) is 2.77. The number of carbonyl (C=O) groups is 1. The highest BCUT2D eigenvalue weighted by atomic mass is 16.5. The Hall–Kier alpha value is -4.33. The highest BCUT2D eigenvalue weighted by molar-refractivity contribution is 6.05. The number of anilines is 1. The zero-order valence-corrected chi connectivity index (χ0v) is 16.6. The van der Waals surface area contributed by atoms with Crippen LogP contribution in [0.3, 0.4) is 0 Å². The number of rotatable bonds is 6. The molecule has 0 saturated carbocycles. The summed E-state index contributed by atoms with van der Waals surface area (Å²) in [5, 5.41) is 2.79. The maximum Gasteiger partial charge on any atom is 0.314 e. The number of amides is 1. The van der Waals surface area contributed by atoms with Crippen molar-refractivity contribution in [2.24, 2.45) is 0 Å². The molecule has 1 aromatic heterocycles. The number of aromatic amines is 2. The zero-order chi connectivity index (χ0) is 21.8. The van der Waals surface area contributed by atoms with Gasteiger partial charge in [-0.1, -0.05) is 0 Å². The van der Waals surface area contributed by atoms with Crippen LogP contribution in [0.1, 0.15) is 17.3 Å². The van der Waals surface area contributed by atoms with Crippen LogP contribution in [-0.2, 0) is 0 Å². The number of H-pyrrole nitrogens is 2. The predicted octanol–water partition coefficient (Wildman–Crippen LogP) is 3.66. The first-order valence-corrected chi connectivity index (χ1v) is 9.60. The number of hydrogen-bond acceptors (Lipinski definition) is 5. The molecule has 4 rings (SSSR count). The quantitative estimate of drug-likeness (QED) is 0.415. The minimum absolute atomic E-state index is 0.338. The SMILES string of the molecule is CCOc1ccc(Oc2ccc(NC(=O)c3ccc4[nH]c(=O)c(=O)[nH]c4c3)cc2)cc1. The Bertz CT molecular complexity index is 1340. The number of aromatic nitrogens is 2. The van der Waals surface area contributed by atoms with E-state index in [1.807, 2.05) is 31.2 Å². The fourth-order valence-electron chi connectivity index (χ4n) is 2.97. The fraction of sp³-hybridized carbons (Fsp3) is 0.0870. The third-order valence-corrected chi connectivity index (χ3v) is 4.47. The molecule has 0 saturated heterocycles. The summed E-state index contributed by atoms with van der Waals surface area (Å²) >= 11 is 0. The zero-order valence-electron chi connectivity index (χ0n) is 16.6. The molecule has 31 heavy (non-hydrogen) atoms. The Kier molecular flexibility index (Phi) is 5.53. The monoisotopic (exact) mass is 417 g/mol. The van der Waals surface area contributed by atoms with Crippen molar-refractivity contribution in [3.63, 3.8) is 0 Å². The Morgan fingerprint density at radius 3 is 2.03 bits per heavy atom. The molecule has 0 radical (unpaired) electrons. The van der Waals surface area contributed by atoms with Crippen molar-refractivity contribution in [3.8, 4) is 17.2 Å². The molecule has 0 atom stereocenters. The maximum absolute atomic E-state index is 12.6. The summed E-state index contributed by atoms with van der Waals surface area (Å²) < 4.78 is 11.2. The molecule has 0 fully saturated rings. The van der Waals surface area contributed by atoms with Crippen molar-refractivity contribution in [2.45, 2.75) is 6.92 Å². The van der Waals surface area contributed by atoms with E-state index < -0.39 is 11.1 Å². The lowest BCUT2D eigenvalue weighted by Crippen LogP contribution is -2.29. The highest BCUT2D eigenvalue weighted by Gasteiger charge is 2.09. The van der Waals surface area contributed by atoms with Gasteiger partial charge in [-0.2, -0.15) is 0 Å². The number of fused-ring (bicyclic) bond motifs is 1. The number of carbonyl (C=O) groups excluding carboxylic acids is 1. The lowest BCUT2D eigenvalue weighted by Gasteiger charge is -2.09. The molecule has 156 valence electrons. The number of benzene rings is 3. The molecule has 4 aromatic rings. The second kappa shape index (κ2) is 8.58. The van der Waals surface area contributed by atoms with Gasteiger partial charge in [-0.3, -0.25) is 14.4 Å². The minimum Gasteiger partial charge on any atom is -0.494 e. The van der Waals surface area contributed by atoms with E-state index in [1.54, 1.807) is 36.4 Å². The molecule has 0 aliphatic rings. The number of nitrogens with one attached hydrogen (secondary N) is 3. The third kappa shape index (κ3) is 4.64. The van der Waals surface area contributed by atoms with Crippen LogP contribution in [0.15, 0.2) is 76.3 Å². The average molecular weight is 417 g/mol. The molecular formula is C23H19N3O5. The topological polar surface area (TPSA) is 113 Å². The van der Waals surface area contributed by atoms with Crippen LogP contribution in [0.5, 0.6) is 17.2 Å². The fourth-order valence-corrected chi connectivity index (χ4v) is 2.97. The standard InChI is InChI=1S/C23H19N3O5/c1-2-30-16-8-10-18(11-9-16)31-17-6-4-15(5-7-17)24-21(27)14-3-12-19-20(13-14)26-23(29)22(28)25-19/h3-13H,2H2,1H3,(H,24,27)(H,25,28)(H,26,29). The summed E-state index contributed by atoms with van der Waals surface area (Å²) in [7, 11) is 0. The van der Waals surface area contributed by atoms with E-state index >= 15 is 0 Å². The third-order valence-electron chi connectivity index (χ3n) is 4.47. The first-order valence-electron chi connectivity index (χ1n) is 9.60. The molecule has 3 N–H and O–H groups in total. The van der Waals surface area contributed by atoms with Gasteiger partial charge in [0.25, 0.3) is 5.91 Å². The molecule has 3 aromatic carbocycles. The molecule has 0 spiro atoms. The molecule has 8 nitrogen and oxygen atoms in total. The second-order valence-corrected chi connectivity index (χ2v) is 6.65. The van der Waals surface area contributed by atoms with Crippen molar-refractivity contribution in [1.29, 1.82) is 0 Å². The lowest BCUT2D eigenvalue weighted by atomic mass is 10.1. The van der Waals surface area contributed by atoms with Crippen LogP contribution in [-0.4, -0.2) is 22.5 Å². The van der Waals surface area contributed by atoms with E-state index in [4.69, 9.17) is 9.47 Å². The van der Waals surface area contributed by atoms with Crippen LogP contribution < -0.4 is 25.9 Å².